The van der Waals surface area contributed by atoms with Crippen molar-refractivity contribution in [2.24, 2.45) is 7.05 Å². The quantitative estimate of drug-likeness (QED) is 0.279. The SMILES string of the molecule is Cc1c2c(c3c(oc4ccccc43)c1-c1ccc(C3CCCC3)c[n+]1C)C(C)(C)CCC2(C)C. The van der Waals surface area contributed by atoms with E-state index in [1.54, 1.807) is 0 Å². The smallest absolute Gasteiger partial charge is 0.216 e. The van der Waals surface area contributed by atoms with Crippen molar-refractivity contribution in [1.29, 1.82) is 0 Å². The van der Waals surface area contributed by atoms with Gasteiger partial charge in [-0.15, -0.1) is 0 Å². The molecule has 0 N–H and O–H groups in total. The molecule has 0 aliphatic heterocycles. The summed E-state index contributed by atoms with van der Waals surface area (Å²) in [4.78, 5) is 0. The van der Waals surface area contributed by atoms with E-state index in [1.807, 2.05) is 0 Å². The van der Waals surface area contributed by atoms with Crippen LogP contribution in [-0.2, 0) is 17.9 Å². The van der Waals surface area contributed by atoms with E-state index in [1.165, 1.54) is 82.8 Å². The van der Waals surface area contributed by atoms with E-state index in [0.29, 0.717) is 0 Å². The summed E-state index contributed by atoms with van der Waals surface area (Å²) in [5.74, 6) is 0.718. The fraction of sp³-hybridized carbons (Fsp3) is 0.469. The second-order valence-corrected chi connectivity index (χ2v) is 12.3. The van der Waals surface area contributed by atoms with Gasteiger partial charge in [0.05, 0.1) is 5.56 Å². The number of para-hydroxylation sites is 1. The normalized spacial score (nSPS) is 19.7. The Morgan fingerprint density at radius 1 is 0.882 bits per heavy atom. The molecule has 6 rings (SSSR count). The Bertz CT molecular complexity index is 1430. The number of hydrogen-bond acceptors (Lipinski definition) is 1. The molecule has 0 saturated heterocycles. The number of furan rings is 1. The van der Waals surface area contributed by atoms with E-state index in [-0.39, 0.29) is 10.8 Å². The summed E-state index contributed by atoms with van der Waals surface area (Å²) in [6.07, 6.45) is 10.2. The fourth-order valence-electron chi connectivity index (χ4n) is 7.17. The minimum Gasteiger partial charge on any atom is -0.455 e. The number of nitrogens with zero attached hydrogens (tertiary/aromatic N) is 1. The standard InChI is InChI=1S/C32H38NO/c1-20-26(24-16-15-22(19-33(24)6)21-11-7-8-12-21)30-27(23-13-9-10-14-25(23)34-30)29-28(20)31(2,3)17-18-32(29,4)5/h9-10,13-16,19,21H,7-8,11-12,17-18H2,1-6H3/q+1. The molecule has 176 valence electrons. The van der Waals surface area contributed by atoms with Gasteiger partial charge in [0.25, 0.3) is 0 Å². The number of pyridine rings is 1. The van der Waals surface area contributed by atoms with Gasteiger partial charge in [0.1, 0.15) is 18.2 Å². The predicted molar refractivity (Wildman–Crippen MR) is 142 cm³/mol. The molecule has 2 nitrogen and oxygen atoms in total. The molecular formula is C32H38NO+. The lowest BCUT2D eigenvalue weighted by Gasteiger charge is -2.43. The minimum atomic E-state index is 0.119. The van der Waals surface area contributed by atoms with E-state index < -0.39 is 0 Å². The maximum atomic E-state index is 6.72. The Morgan fingerprint density at radius 2 is 1.56 bits per heavy atom. The van der Waals surface area contributed by atoms with E-state index in [0.717, 1.165) is 17.1 Å². The Morgan fingerprint density at radius 3 is 2.26 bits per heavy atom. The average Bonchev–Trinajstić information content (AvgIpc) is 3.45. The molecular weight excluding hydrogens is 414 g/mol. The monoisotopic (exact) mass is 452 g/mol. The van der Waals surface area contributed by atoms with Crippen molar-refractivity contribution in [2.45, 2.75) is 89.9 Å². The largest absolute Gasteiger partial charge is 0.455 e. The molecule has 1 saturated carbocycles. The third-order valence-corrected chi connectivity index (χ3v) is 9.04. The molecule has 0 bridgehead atoms. The lowest BCUT2D eigenvalue weighted by atomic mass is 9.60. The number of aromatic nitrogens is 1. The summed E-state index contributed by atoms with van der Waals surface area (Å²) in [5.41, 5.74) is 10.8. The first-order valence-corrected chi connectivity index (χ1v) is 13.2. The van der Waals surface area contributed by atoms with Crippen molar-refractivity contribution >= 4 is 21.9 Å². The van der Waals surface area contributed by atoms with Gasteiger partial charge in [-0.1, -0.05) is 58.7 Å². The molecule has 0 unspecified atom stereocenters. The maximum Gasteiger partial charge on any atom is 0.216 e. The fourth-order valence-corrected chi connectivity index (χ4v) is 7.17. The van der Waals surface area contributed by atoms with Crippen molar-refractivity contribution in [3.63, 3.8) is 0 Å². The van der Waals surface area contributed by atoms with Gasteiger partial charge in [0.15, 0.2) is 6.20 Å². The van der Waals surface area contributed by atoms with E-state index in [2.05, 4.69) is 88.8 Å². The lowest BCUT2D eigenvalue weighted by molar-refractivity contribution is -0.660. The van der Waals surface area contributed by atoms with Gasteiger partial charge in [-0.2, -0.15) is 0 Å². The van der Waals surface area contributed by atoms with Crippen molar-refractivity contribution in [2.75, 3.05) is 0 Å². The van der Waals surface area contributed by atoms with Crippen LogP contribution in [0.3, 0.4) is 0 Å². The molecule has 2 heteroatoms. The number of benzene rings is 2. The third-order valence-electron chi connectivity index (χ3n) is 9.04. The molecule has 0 amide bonds. The molecule has 2 heterocycles. The first-order valence-electron chi connectivity index (χ1n) is 13.2. The molecule has 2 aliphatic carbocycles. The summed E-state index contributed by atoms with van der Waals surface area (Å²) >= 11 is 0. The Labute approximate surface area is 204 Å². The first-order chi connectivity index (χ1) is 16.2. The van der Waals surface area contributed by atoms with Gasteiger partial charge in [-0.3, -0.25) is 0 Å². The van der Waals surface area contributed by atoms with Crippen molar-refractivity contribution in [1.82, 2.24) is 0 Å². The van der Waals surface area contributed by atoms with Crippen LogP contribution >= 0.6 is 0 Å². The van der Waals surface area contributed by atoms with Gasteiger partial charge in [-0.25, -0.2) is 4.57 Å². The highest BCUT2D eigenvalue weighted by molar-refractivity contribution is 6.12. The van der Waals surface area contributed by atoms with Crippen LogP contribution in [0.5, 0.6) is 0 Å². The molecule has 0 spiro atoms. The van der Waals surface area contributed by atoms with Gasteiger partial charge in [0, 0.05) is 22.4 Å². The summed E-state index contributed by atoms with van der Waals surface area (Å²) < 4.78 is 9.08. The van der Waals surface area contributed by atoms with Crippen LogP contribution in [0, 0.1) is 6.92 Å². The number of fused-ring (bicyclic) bond motifs is 5. The molecule has 0 atom stereocenters. The highest BCUT2D eigenvalue weighted by atomic mass is 16.3. The molecule has 2 aromatic carbocycles. The summed E-state index contributed by atoms with van der Waals surface area (Å²) in [7, 11) is 2.22. The van der Waals surface area contributed by atoms with E-state index in [9.17, 15) is 0 Å². The van der Waals surface area contributed by atoms with Crippen molar-refractivity contribution in [3.05, 3.63) is 64.8 Å². The Kier molecular flexibility index (Phi) is 4.79. The van der Waals surface area contributed by atoms with E-state index in [4.69, 9.17) is 4.42 Å². The molecule has 0 radical (unpaired) electrons. The first kappa shape index (κ1) is 21.9. The van der Waals surface area contributed by atoms with Gasteiger partial charge < -0.3 is 4.42 Å². The molecule has 2 aromatic heterocycles. The molecule has 1 fully saturated rings. The summed E-state index contributed by atoms with van der Waals surface area (Å²) in [6.45, 7) is 12.1. The van der Waals surface area contributed by atoms with Gasteiger partial charge >= 0.3 is 0 Å². The van der Waals surface area contributed by atoms with Crippen LogP contribution in [0.2, 0.25) is 0 Å². The average molecular weight is 453 g/mol. The lowest BCUT2D eigenvalue weighted by Crippen LogP contribution is -2.36. The third kappa shape index (κ3) is 3.10. The zero-order valence-electron chi connectivity index (χ0n) is 21.7. The zero-order valence-corrected chi connectivity index (χ0v) is 21.7. The number of aryl methyl sites for hydroxylation is 1. The highest BCUT2D eigenvalue weighted by Gasteiger charge is 2.42. The summed E-state index contributed by atoms with van der Waals surface area (Å²) in [5, 5.41) is 2.59. The predicted octanol–water partition coefficient (Wildman–Crippen LogP) is 8.39. The molecule has 4 aromatic rings. The van der Waals surface area contributed by atoms with Crippen LogP contribution in [0.25, 0.3) is 33.2 Å². The van der Waals surface area contributed by atoms with Gasteiger partial charge in [-0.05, 0) is 78.2 Å². The number of rotatable bonds is 2. The summed E-state index contributed by atoms with van der Waals surface area (Å²) in [6, 6.07) is 13.4. The second-order valence-electron chi connectivity index (χ2n) is 12.3. The second kappa shape index (κ2) is 7.44. The van der Waals surface area contributed by atoms with Crippen molar-refractivity contribution < 1.29 is 8.98 Å². The van der Waals surface area contributed by atoms with Gasteiger partial charge in [0.2, 0.25) is 5.69 Å². The van der Waals surface area contributed by atoms with Crippen LogP contribution < -0.4 is 4.57 Å². The Hall–Kier alpha value is -2.61. The molecule has 2 aliphatic rings. The van der Waals surface area contributed by atoms with Crippen molar-refractivity contribution in [3.8, 4) is 11.3 Å². The van der Waals surface area contributed by atoms with Crippen LogP contribution in [0.4, 0.5) is 0 Å². The van der Waals surface area contributed by atoms with E-state index >= 15 is 0 Å². The maximum absolute atomic E-state index is 6.72. The highest BCUT2D eigenvalue weighted by Crippen LogP contribution is 2.54. The van der Waals surface area contributed by atoms with Crippen LogP contribution in [0.15, 0.2) is 47.0 Å². The topological polar surface area (TPSA) is 17.0 Å². The van der Waals surface area contributed by atoms with Crippen LogP contribution in [-0.4, -0.2) is 0 Å². The van der Waals surface area contributed by atoms with Crippen LogP contribution in [0.1, 0.15) is 94.4 Å². The minimum absolute atomic E-state index is 0.119. The zero-order chi connectivity index (χ0) is 23.8. The Balaban J connectivity index is 1.72. The number of hydrogen-bond donors (Lipinski definition) is 0. The molecule has 34 heavy (non-hydrogen) atoms.